The molecule has 1 saturated carbocycles. The molecule has 0 bridgehead atoms. The zero-order chi connectivity index (χ0) is 12.5. The molecule has 0 saturated heterocycles. The fourth-order valence-electron chi connectivity index (χ4n) is 2.40. The van der Waals surface area contributed by atoms with E-state index >= 15 is 0 Å². The molecule has 6 heteroatoms. The summed E-state index contributed by atoms with van der Waals surface area (Å²) >= 11 is 5.89. The Labute approximate surface area is 110 Å². The third kappa shape index (κ3) is 2.42. The van der Waals surface area contributed by atoms with Gasteiger partial charge in [-0.05, 0) is 37.3 Å². The lowest BCUT2D eigenvalue weighted by Crippen LogP contribution is -2.13. The van der Waals surface area contributed by atoms with E-state index in [2.05, 4.69) is 15.4 Å². The topological polar surface area (TPSA) is 62.5 Å². The van der Waals surface area contributed by atoms with Crippen molar-refractivity contribution < 1.29 is 5.11 Å². The molecular formula is C12H15ClN4O. The van der Waals surface area contributed by atoms with Crippen molar-refractivity contribution >= 4 is 23.2 Å². The molecule has 96 valence electrons. The molecule has 2 aromatic rings. The number of hydrogen-bond donors (Lipinski definition) is 2. The van der Waals surface area contributed by atoms with Gasteiger partial charge in [-0.25, -0.2) is 4.52 Å². The third-order valence-corrected chi connectivity index (χ3v) is 3.58. The van der Waals surface area contributed by atoms with Gasteiger partial charge in [-0.1, -0.05) is 11.6 Å². The molecule has 3 rings (SSSR count). The lowest BCUT2D eigenvalue weighted by Gasteiger charge is -2.08. The average Bonchev–Trinajstić information content (AvgIpc) is 2.92. The number of nitrogens with one attached hydrogen (secondary N) is 1. The number of anilines is 1. The zero-order valence-corrected chi connectivity index (χ0v) is 10.6. The fraction of sp³-hybridized carbons (Fsp3) is 0.500. The number of aliphatic hydroxyl groups is 1. The lowest BCUT2D eigenvalue weighted by atomic mass is 10.1. The SMILES string of the molecule is OC1CCC(CNc2nc3ccc(Cl)cn3n2)C1. The van der Waals surface area contributed by atoms with Gasteiger partial charge in [0.15, 0.2) is 5.65 Å². The minimum absolute atomic E-state index is 0.135. The second-order valence-electron chi connectivity index (χ2n) is 4.80. The third-order valence-electron chi connectivity index (χ3n) is 3.36. The van der Waals surface area contributed by atoms with Gasteiger partial charge in [-0.3, -0.25) is 0 Å². The monoisotopic (exact) mass is 266 g/mol. The van der Waals surface area contributed by atoms with Crippen molar-refractivity contribution in [3.63, 3.8) is 0 Å². The van der Waals surface area contributed by atoms with Crippen molar-refractivity contribution in [2.75, 3.05) is 11.9 Å². The van der Waals surface area contributed by atoms with Crippen molar-refractivity contribution in [2.45, 2.75) is 25.4 Å². The van der Waals surface area contributed by atoms with Crippen LogP contribution in [0.4, 0.5) is 5.95 Å². The van der Waals surface area contributed by atoms with E-state index in [1.165, 1.54) is 0 Å². The fourth-order valence-corrected chi connectivity index (χ4v) is 2.56. The molecular weight excluding hydrogens is 252 g/mol. The number of aromatic nitrogens is 3. The zero-order valence-electron chi connectivity index (χ0n) is 9.88. The number of halogens is 1. The van der Waals surface area contributed by atoms with Crippen LogP contribution in [0.3, 0.4) is 0 Å². The quantitative estimate of drug-likeness (QED) is 0.891. The van der Waals surface area contributed by atoms with Crippen LogP contribution in [0.25, 0.3) is 5.65 Å². The lowest BCUT2D eigenvalue weighted by molar-refractivity contribution is 0.178. The summed E-state index contributed by atoms with van der Waals surface area (Å²) in [5, 5.41) is 17.6. The molecule has 2 unspecified atom stereocenters. The molecule has 0 radical (unpaired) electrons. The van der Waals surface area contributed by atoms with E-state index in [1.807, 2.05) is 6.07 Å². The highest BCUT2D eigenvalue weighted by atomic mass is 35.5. The molecule has 18 heavy (non-hydrogen) atoms. The summed E-state index contributed by atoms with van der Waals surface area (Å²) < 4.78 is 1.66. The minimum Gasteiger partial charge on any atom is -0.393 e. The van der Waals surface area contributed by atoms with Crippen LogP contribution in [0.5, 0.6) is 0 Å². The Morgan fingerprint density at radius 1 is 1.44 bits per heavy atom. The second-order valence-corrected chi connectivity index (χ2v) is 5.24. The smallest absolute Gasteiger partial charge is 0.243 e. The first kappa shape index (κ1) is 11.7. The van der Waals surface area contributed by atoms with Gasteiger partial charge in [-0.2, -0.15) is 4.98 Å². The normalized spacial score (nSPS) is 23.7. The standard InChI is InChI=1S/C12H15ClN4O/c13-9-2-4-11-15-12(16-17(11)7-9)14-6-8-1-3-10(18)5-8/h2,4,7-8,10,18H,1,3,5-6H2,(H,14,16). The van der Waals surface area contributed by atoms with Crippen LogP contribution in [0, 0.1) is 5.92 Å². The molecule has 2 atom stereocenters. The van der Waals surface area contributed by atoms with Crippen LogP contribution in [0.15, 0.2) is 18.3 Å². The predicted molar refractivity (Wildman–Crippen MR) is 69.8 cm³/mol. The maximum Gasteiger partial charge on any atom is 0.243 e. The van der Waals surface area contributed by atoms with Gasteiger partial charge in [0.25, 0.3) is 0 Å². The van der Waals surface area contributed by atoms with Gasteiger partial charge in [0, 0.05) is 12.7 Å². The molecule has 1 fully saturated rings. The van der Waals surface area contributed by atoms with E-state index < -0.39 is 0 Å². The highest BCUT2D eigenvalue weighted by molar-refractivity contribution is 6.30. The molecule has 1 aliphatic carbocycles. The summed E-state index contributed by atoms with van der Waals surface area (Å²) in [6.07, 6.45) is 4.43. The van der Waals surface area contributed by atoms with Crippen molar-refractivity contribution in [1.82, 2.24) is 14.6 Å². The van der Waals surface area contributed by atoms with E-state index in [1.54, 1.807) is 16.8 Å². The van der Waals surface area contributed by atoms with E-state index in [-0.39, 0.29) is 6.10 Å². The van der Waals surface area contributed by atoms with Crippen LogP contribution in [0.2, 0.25) is 5.02 Å². The van der Waals surface area contributed by atoms with Gasteiger partial charge >= 0.3 is 0 Å². The Morgan fingerprint density at radius 3 is 3.11 bits per heavy atom. The maximum atomic E-state index is 9.46. The van der Waals surface area contributed by atoms with Crippen LogP contribution >= 0.6 is 11.6 Å². The van der Waals surface area contributed by atoms with Crippen molar-refractivity contribution in [3.8, 4) is 0 Å². The molecule has 2 aromatic heterocycles. The highest BCUT2D eigenvalue weighted by Gasteiger charge is 2.22. The number of pyridine rings is 1. The van der Waals surface area contributed by atoms with E-state index in [0.717, 1.165) is 31.5 Å². The number of rotatable bonds is 3. The molecule has 5 nitrogen and oxygen atoms in total. The van der Waals surface area contributed by atoms with E-state index in [4.69, 9.17) is 11.6 Å². The molecule has 0 amide bonds. The molecule has 0 aromatic carbocycles. The van der Waals surface area contributed by atoms with Gasteiger partial charge in [0.1, 0.15) is 0 Å². The van der Waals surface area contributed by atoms with Crippen LogP contribution in [0.1, 0.15) is 19.3 Å². The highest BCUT2D eigenvalue weighted by Crippen LogP contribution is 2.25. The van der Waals surface area contributed by atoms with Crippen LogP contribution < -0.4 is 5.32 Å². The molecule has 1 aliphatic rings. The summed E-state index contributed by atoms with van der Waals surface area (Å²) in [4.78, 5) is 4.35. The molecule has 0 aliphatic heterocycles. The Hall–Kier alpha value is -1.33. The molecule has 0 spiro atoms. The Kier molecular flexibility index (Phi) is 3.09. The summed E-state index contributed by atoms with van der Waals surface area (Å²) in [5.74, 6) is 1.12. The molecule has 2 heterocycles. The predicted octanol–water partition coefficient (Wildman–Crippen LogP) is 1.96. The average molecular weight is 267 g/mol. The molecule has 2 N–H and O–H groups in total. The summed E-state index contributed by atoms with van der Waals surface area (Å²) in [5.41, 5.74) is 0.772. The first-order valence-electron chi connectivity index (χ1n) is 6.14. The van der Waals surface area contributed by atoms with Crippen molar-refractivity contribution in [1.29, 1.82) is 0 Å². The maximum absolute atomic E-state index is 9.46. The Morgan fingerprint density at radius 2 is 2.33 bits per heavy atom. The largest absolute Gasteiger partial charge is 0.393 e. The van der Waals surface area contributed by atoms with Crippen LogP contribution in [-0.4, -0.2) is 32.4 Å². The van der Waals surface area contributed by atoms with Gasteiger partial charge < -0.3 is 10.4 Å². The van der Waals surface area contributed by atoms with E-state index in [0.29, 0.717) is 16.9 Å². The van der Waals surface area contributed by atoms with Crippen LogP contribution in [-0.2, 0) is 0 Å². The minimum atomic E-state index is -0.135. The Balaban J connectivity index is 1.67. The number of fused-ring (bicyclic) bond motifs is 1. The van der Waals surface area contributed by atoms with Crippen molar-refractivity contribution in [2.24, 2.45) is 5.92 Å². The van der Waals surface area contributed by atoms with Crippen molar-refractivity contribution in [3.05, 3.63) is 23.4 Å². The first-order chi connectivity index (χ1) is 8.70. The number of hydrogen-bond acceptors (Lipinski definition) is 4. The summed E-state index contributed by atoms with van der Waals surface area (Å²) in [7, 11) is 0. The van der Waals surface area contributed by atoms with Gasteiger partial charge in [0.2, 0.25) is 5.95 Å². The summed E-state index contributed by atoms with van der Waals surface area (Å²) in [6, 6.07) is 3.63. The number of aliphatic hydroxyl groups excluding tert-OH is 1. The summed E-state index contributed by atoms with van der Waals surface area (Å²) in [6.45, 7) is 0.807. The first-order valence-corrected chi connectivity index (χ1v) is 6.52. The second kappa shape index (κ2) is 4.74. The van der Waals surface area contributed by atoms with E-state index in [9.17, 15) is 5.11 Å². The van der Waals surface area contributed by atoms with Gasteiger partial charge in [-0.15, -0.1) is 5.10 Å². The number of nitrogens with zero attached hydrogens (tertiary/aromatic N) is 3. The Bertz CT molecular complexity index is 556. The van der Waals surface area contributed by atoms with Gasteiger partial charge in [0.05, 0.1) is 11.1 Å².